The highest BCUT2D eigenvalue weighted by molar-refractivity contribution is 7.94. The van der Waals surface area contributed by atoms with E-state index in [9.17, 15) is 42.6 Å². The number of carboxylic acid groups (broad SMARTS) is 1. The number of anilines is 3. The predicted molar refractivity (Wildman–Crippen MR) is 274 cm³/mol. The Kier molecular flexibility index (Phi) is 29.2. The Labute approximate surface area is 427 Å². The summed E-state index contributed by atoms with van der Waals surface area (Å²) in [6, 6.07) is 8.47. The average Bonchev–Trinajstić information content (AvgIpc) is 3.56. The van der Waals surface area contributed by atoms with Crippen molar-refractivity contribution < 1.29 is 62.1 Å². The zero-order valence-electron chi connectivity index (χ0n) is 40.1. The van der Waals surface area contributed by atoms with Crippen molar-refractivity contribution in [3.05, 3.63) is 83.7 Å². The molecule has 2 aliphatic heterocycles. The van der Waals surface area contributed by atoms with Crippen molar-refractivity contribution in [3.8, 4) is 18.1 Å². The Hall–Kier alpha value is -4.74. The molecule has 17 nitrogen and oxygen atoms in total. The number of rotatable bonds is 17. The maximum atomic E-state index is 14.7. The summed E-state index contributed by atoms with van der Waals surface area (Å²) in [5.74, 6) is -1.26. The van der Waals surface area contributed by atoms with E-state index in [0.717, 1.165) is 53.5 Å². The fraction of sp³-hybridized carbons (Fsp3) is 0.447. The fourth-order valence-corrected chi connectivity index (χ4v) is 7.45. The van der Waals surface area contributed by atoms with Crippen molar-refractivity contribution in [2.75, 3.05) is 92.3 Å². The molecule has 3 N–H and O–H groups in total. The summed E-state index contributed by atoms with van der Waals surface area (Å²) < 4.78 is 35.0. The number of methoxy groups -OCH3 is 1. The zero-order chi connectivity index (χ0) is 53.3. The lowest BCUT2D eigenvalue weighted by Crippen LogP contribution is -2.39. The number of benzene rings is 2. The van der Waals surface area contributed by atoms with Crippen LogP contribution in [0.5, 0.6) is 5.75 Å². The molecule has 2 aromatic rings. The summed E-state index contributed by atoms with van der Waals surface area (Å²) in [5, 5.41) is 9.97. The molecule has 0 spiro atoms. The molecule has 0 saturated heterocycles. The minimum Gasteiger partial charge on any atom is -0.778 e. The van der Waals surface area contributed by atoms with Gasteiger partial charge in [0.05, 0.1) is 55.2 Å². The number of carboxylic acids is 1. The summed E-state index contributed by atoms with van der Waals surface area (Å²) in [5.41, 5.74) is 4.23. The molecule has 5 rings (SSSR count). The predicted octanol–water partition coefficient (Wildman–Crippen LogP) is 5.56. The molecule has 0 aromatic heterocycles. The topological polar surface area (TPSA) is 226 Å². The Morgan fingerprint density at radius 2 is 1.57 bits per heavy atom. The Morgan fingerprint density at radius 1 is 1.04 bits per heavy atom. The maximum absolute atomic E-state index is 14.7. The Bertz CT molecular complexity index is 2230. The number of amides is 5. The molecule has 0 radical (unpaired) electrons. The molecule has 70 heavy (non-hydrogen) atoms. The van der Waals surface area contributed by atoms with Crippen LogP contribution in [0.4, 0.5) is 21.5 Å². The standard InChI is InChI=1S/C19H15FN2O4.C14H20ClNO2.C8H11Cl2NO.C3H8NO5P.C3H9S/c1-2-7-21-15-9-14(13(20)8-16(15)26-10-17(21)23)22-18(24)11-5-3-4-6-12(11)19(22)25;1-4-11-7-6-8-12(5-2)14(11)16(10-18-3)13(17)9-15;1-3-5-11(6-4-2)8(12)7(9)10;5-3(6)1-4-2-10(7,8)9;1-4(2)3/h1,8-9H,3-7,10H2;6-8H,4-5,9-10H2,1-3H3;3-4,7H,1-2,5-6H2;4H,1-2H2,(H,5,6)(H2,7,8,9);1-3H3/q;;;;+1/p-1. The lowest BCUT2D eigenvalue weighted by molar-refractivity contribution is -0.193. The quantitative estimate of drug-likeness (QED) is 0.0336. The van der Waals surface area contributed by atoms with Gasteiger partial charge in [-0.25, -0.2) is 9.29 Å². The van der Waals surface area contributed by atoms with Gasteiger partial charge in [0, 0.05) is 37.4 Å². The molecule has 2 heterocycles. The van der Waals surface area contributed by atoms with Crippen LogP contribution in [0.1, 0.15) is 50.7 Å². The number of fused-ring (bicyclic) bond motifs is 1. The Morgan fingerprint density at radius 3 is 1.99 bits per heavy atom. The number of alkyl halides is 3. The first-order chi connectivity index (χ1) is 33.0. The minimum absolute atomic E-state index is 0.0170. The van der Waals surface area contributed by atoms with E-state index in [4.69, 9.17) is 60.7 Å². The van der Waals surface area contributed by atoms with Gasteiger partial charge in [-0.05, 0) is 66.6 Å². The van der Waals surface area contributed by atoms with Crippen LogP contribution < -0.4 is 29.6 Å². The number of aryl methyl sites for hydroxylation is 2. The highest BCUT2D eigenvalue weighted by atomic mass is 35.5. The van der Waals surface area contributed by atoms with Crippen molar-refractivity contribution in [2.45, 2.75) is 57.2 Å². The second-order valence-electron chi connectivity index (χ2n) is 15.3. The first-order valence-electron chi connectivity index (χ1n) is 21.5. The summed E-state index contributed by atoms with van der Waals surface area (Å²) in [7, 11) is -2.13. The van der Waals surface area contributed by atoms with Gasteiger partial charge in [-0.3, -0.25) is 43.9 Å². The first-order valence-corrected chi connectivity index (χ1v) is 27.1. The number of aliphatic carboxylic acids is 1. The number of nitrogens with zero attached hydrogens (tertiary/aromatic N) is 4. The third kappa shape index (κ3) is 20.2. The summed E-state index contributed by atoms with van der Waals surface area (Å²) in [6.45, 7) is 11.5. The molecule has 2 aromatic carbocycles. The van der Waals surface area contributed by atoms with E-state index in [2.05, 4.69) is 51.7 Å². The van der Waals surface area contributed by atoms with Gasteiger partial charge >= 0.3 is 5.97 Å². The first kappa shape index (κ1) is 63.3. The van der Waals surface area contributed by atoms with Gasteiger partial charge in [-0.15, -0.1) is 31.2 Å². The van der Waals surface area contributed by atoms with Crippen molar-refractivity contribution in [1.29, 1.82) is 0 Å². The van der Waals surface area contributed by atoms with Crippen LogP contribution in [-0.4, -0.2) is 133 Å². The van der Waals surface area contributed by atoms with Crippen LogP contribution >= 0.6 is 42.4 Å². The molecule has 23 heteroatoms. The summed E-state index contributed by atoms with van der Waals surface area (Å²) >= 11 is 16.5. The second kappa shape index (κ2) is 32.3. The number of nitrogens with one attached hydrogen (secondary N) is 1. The molecule has 1 aliphatic carbocycles. The molecular weight excluding hydrogens is 1010 g/mol. The monoisotopic (exact) mass is 1080 g/mol. The normalized spacial score (nSPS) is 14.3. The molecule has 5 amide bonds. The van der Waals surface area contributed by atoms with E-state index >= 15 is 0 Å². The van der Waals surface area contributed by atoms with Crippen molar-refractivity contribution in [2.24, 2.45) is 0 Å². The lowest BCUT2D eigenvalue weighted by Gasteiger charge is -2.29. The third-order valence-corrected chi connectivity index (χ3v) is 10.8. The Balaban J connectivity index is 0.000000487. The minimum atomic E-state index is -4.35. The average molecular weight is 1080 g/mol. The second-order valence-corrected chi connectivity index (χ2v) is 20.7. The van der Waals surface area contributed by atoms with Gasteiger partial charge in [0.2, 0.25) is 5.91 Å². The fourth-order valence-electron chi connectivity index (χ4n) is 6.64. The number of terminal acetylenes is 1. The molecule has 386 valence electrons. The number of halogens is 4. The number of carbonyl (C=O) groups excluding carboxylic acids is 5. The molecule has 0 fully saturated rings. The largest absolute Gasteiger partial charge is 0.778 e. The van der Waals surface area contributed by atoms with Crippen LogP contribution in [0.3, 0.4) is 0 Å². The number of para-hydroxylation sites is 1. The van der Waals surface area contributed by atoms with Crippen LogP contribution in [0.15, 0.2) is 66.8 Å². The molecule has 3 aliphatic rings. The molecule has 0 bridgehead atoms. The highest BCUT2D eigenvalue weighted by Crippen LogP contribution is 2.42. The van der Waals surface area contributed by atoms with Crippen molar-refractivity contribution in [1.82, 2.24) is 10.2 Å². The zero-order valence-corrected chi connectivity index (χ0v) is 44.1. The van der Waals surface area contributed by atoms with Crippen molar-refractivity contribution in [3.63, 3.8) is 0 Å². The van der Waals surface area contributed by atoms with Crippen molar-refractivity contribution >= 4 is 106 Å². The van der Waals surface area contributed by atoms with E-state index in [1.54, 1.807) is 24.2 Å². The van der Waals surface area contributed by atoms with Gasteiger partial charge in [0.15, 0.2) is 17.3 Å². The van der Waals surface area contributed by atoms with Gasteiger partial charge in [-0.1, -0.05) is 73.3 Å². The molecule has 0 saturated carbocycles. The van der Waals surface area contributed by atoms with Crippen LogP contribution in [-0.2, 0) is 61.8 Å². The number of hydrogen-bond acceptors (Lipinski definition) is 11. The SMILES string of the molecule is C#CCN1C(=O)COc2cc(F)c(N3C(=O)C4=C(CCCC4)C3=O)cc21.C=CCN(CC=C)C(=O)C(Cl)Cl.CCc1cccc(CC)c1N(COC)C(=O)CCl.C[S+](C)C.O=C(O)CNCP(=O)([O-])O. The van der Waals surface area contributed by atoms with Gasteiger partial charge in [0.1, 0.15) is 26.0 Å². The maximum Gasteiger partial charge on any atom is 0.317 e. The molecule has 1 atom stereocenters. The smallest absolute Gasteiger partial charge is 0.317 e. The van der Waals surface area contributed by atoms with E-state index in [0.29, 0.717) is 48.0 Å². The van der Waals surface area contributed by atoms with Crippen LogP contribution in [0, 0.1) is 18.2 Å². The van der Waals surface area contributed by atoms with E-state index in [1.807, 2.05) is 23.5 Å². The summed E-state index contributed by atoms with van der Waals surface area (Å²) in [4.78, 5) is 92.5. The number of imide groups is 1. The molecular formula is C47H62Cl3FN5O12PS. The van der Waals surface area contributed by atoms with Gasteiger partial charge < -0.3 is 33.8 Å². The van der Waals surface area contributed by atoms with Crippen LogP contribution in [0.2, 0.25) is 0 Å². The number of hydrogen-bond donors (Lipinski definition) is 3. The lowest BCUT2D eigenvalue weighted by atomic mass is 9.93. The third-order valence-electron chi connectivity index (χ3n) is 9.55. The van der Waals surface area contributed by atoms with E-state index < -0.39 is 48.9 Å². The van der Waals surface area contributed by atoms with E-state index in [-0.39, 0.29) is 60.6 Å². The van der Waals surface area contributed by atoms with E-state index in [1.165, 1.54) is 15.9 Å². The van der Waals surface area contributed by atoms with Crippen LogP contribution in [0.25, 0.3) is 0 Å². The summed E-state index contributed by atoms with van der Waals surface area (Å²) in [6.07, 6.45) is 18.9. The van der Waals surface area contributed by atoms with Gasteiger partial charge in [0.25, 0.3) is 23.6 Å². The van der Waals surface area contributed by atoms with Gasteiger partial charge in [-0.2, -0.15) is 0 Å². The highest BCUT2D eigenvalue weighted by Gasteiger charge is 2.42. The number of carbonyl (C=O) groups is 6. The number of ether oxygens (including phenoxy) is 2. The molecule has 1 unspecified atom stereocenters.